The van der Waals surface area contributed by atoms with Crippen LogP contribution >= 0.6 is 11.3 Å². The molecule has 0 spiro atoms. The summed E-state index contributed by atoms with van der Waals surface area (Å²) in [5, 5.41) is 15.0. The smallest absolute Gasteiger partial charge is 0.423 e. The maximum absolute atomic E-state index is 11.9. The lowest BCUT2D eigenvalue weighted by molar-refractivity contribution is -0.114. The van der Waals surface area contributed by atoms with Gasteiger partial charge in [0.05, 0.1) is 17.6 Å². The first-order valence-electron chi connectivity index (χ1n) is 7.31. The zero-order valence-corrected chi connectivity index (χ0v) is 14.7. The van der Waals surface area contributed by atoms with Crippen LogP contribution in [-0.2, 0) is 4.79 Å². The van der Waals surface area contributed by atoms with Crippen LogP contribution in [0.5, 0.6) is 0 Å². The molecule has 0 fully saturated rings. The Labute approximate surface area is 156 Å². The van der Waals surface area contributed by atoms with Crippen molar-refractivity contribution in [3.05, 3.63) is 40.9 Å². The highest BCUT2D eigenvalue weighted by atomic mass is 32.1. The van der Waals surface area contributed by atoms with Gasteiger partial charge >= 0.3 is 12.1 Å². The third kappa shape index (κ3) is 6.55. The van der Waals surface area contributed by atoms with Crippen molar-refractivity contribution in [3.8, 4) is 0 Å². The molecule has 0 unspecified atom stereocenters. The zero-order valence-electron chi connectivity index (χ0n) is 13.8. The maximum Gasteiger partial charge on any atom is 0.423 e. The lowest BCUT2D eigenvalue weighted by Crippen LogP contribution is -2.48. The first kappa shape index (κ1) is 19.5. The van der Waals surface area contributed by atoms with E-state index in [4.69, 9.17) is 5.11 Å². The van der Waals surface area contributed by atoms with Crippen molar-refractivity contribution < 1.29 is 24.3 Å². The normalized spacial score (nSPS) is 10.3. The molecule has 0 saturated carbocycles. The predicted octanol–water partition coefficient (Wildman–Crippen LogP) is 1.47. The van der Waals surface area contributed by atoms with Crippen molar-refractivity contribution in [2.75, 3.05) is 5.32 Å². The number of rotatable bonds is 4. The van der Waals surface area contributed by atoms with Gasteiger partial charge in [0, 0.05) is 17.9 Å². The number of imide groups is 1. The maximum atomic E-state index is 11.9. The molecule has 27 heavy (non-hydrogen) atoms. The van der Waals surface area contributed by atoms with Crippen molar-refractivity contribution in [2.45, 2.75) is 6.92 Å². The van der Waals surface area contributed by atoms with Crippen molar-refractivity contribution in [1.29, 1.82) is 0 Å². The van der Waals surface area contributed by atoms with E-state index in [0.29, 0.717) is 16.5 Å². The van der Waals surface area contributed by atoms with Crippen LogP contribution in [0.4, 0.5) is 20.4 Å². The molecule has 140 valence electrons. The number of amides is 5. The number of hydrogen-bond acceptors (Lipinski definition) is 7. The summed E-state index contributed by atoms with van der Waals surface area (Å²) in [6, 6.07) is 5.00. The average molecular weight is 390 g/mol. The Morgan fingerprint density at radius 2 is 1.85 bits per heavy atom. The number of benzene rings is 1. The lowest BCUT2D eigenvalue weighted by atomic mass is 10.2. The second-order valence-electron chi connectivity index (χ2n) is 4.90. The molecule has 0 bridgehead atoms. The van der Waals surface area contributed by atoms with Crippen LogP contribution < -0.4 is 21.5 Å². The summed E-state index contributed by atoms with van der Waals surface area (Å²) < 4.78 is 0. The van der Waals surface area contributed by atoms with Gasteiger partial charge in [-0.05, 0) is 24.3 Å². The summed E-state index contributed by atoms with van der Waals surface area (Å²) in [5.41, 5.74) is 4.66. The van der Waals surface area contributed by atoms with Crippen molar-refractivity contribution in [3.63, 3.8) is 0 Å². The van der Waals surface area contributed by atoms with Crippen LogP contribution in [0, 0.1) is 0 Å². The molecule has 5 N–H and O–H groups in total. The number of nitrogens with one attached hydrogen (secondary N) is 4. The molecular weight excluding hydrogens is 376 g/mol. The fourth-order valence-electron chi connectivity index (χ4n) is 1.71. The lowest BCUT2D eigenvalue weighted by Gasteiger charge is -2.05. The number of urea groups is 1. The largest absolute Gasteiger partial charge is 0.464 e. The van der Waals surface area contributed by atoms with E-state index in [2.05, 4.69) is 15.3 Å². The Bertz CT molecular complexity index is 892. The van der Waals surface area contributed by atoms with E-state index in [0.717, 1.165) is 0 Å². The van der Waals surface area contributed by atoms with Gasteiger partial charge in [-0.3, -0.25) is 19.9 Å². The summed E-state index contributed by atoms with van der Waals surface area (Å²) in [4.78, 5) is 52.7. The SMILES string of the molecule is CC(=O)Nc1nc(C=Nc2ccc(C(=O)NC(=O)NNC(=O)O)cc2)cs1. The quantitative estimate of drug-likeness (QED) is 0.392. The van der Waals surface area contributed by atoms with E-state index in [1.165, 1.54) is 36.6 Å². The molecule has 12 heteroatoms. The minimum absolute atomic E-state index is 0.182. The van der Waals surface area contributed by atoms with Crippen LogP contribution in [0.1, 0.15) is 23.0 Å². The molecule has 0 radical (unpaired) electrons. The van der Waals surface area contributed by atoms with Gasteiger partial charge in [0.15, 0.2) is 5.13 Å². The van der Waals surface area contributed by atoms with Gasteiger partial charge in [0.2, 0.25) is 5.91 Å². The molecule has 0 atom stereocenters. The first-order chi connectivity index (χ1) is 12.8. The fourth-order valence-corrected chi connectivity index (χ4v) is 2.42. The molecule has 0 aliphatic carbocycles. The highest BCUT2D eigenvalue weighted by molar-refractivity contribution is 7.14. The molecule has 0 aliphatic rings. The average Bonchev–Trinajstić information content (AvgIpc) is 3.05. The Balaban J connectivity index is 1.93. The van der Waals surface area contributed by atoms with Crippen molar-refractivity contribution in [2.24, 2.45) is 4.99 Å². The Morgan fingerprint density at radius 3 is 2.48 bits per heavy atom. The third-order valence-corrected chi connectivity index (χ3v) is 3.57. The van der Waals surface area contributed by atoms with Gasteiger partial charge in [0.25, 0.3) is 5.91 Å². The van der Waals surface area contributed by atoms with Crippen LogP contribution in [0.15, 0.2) is 34.6 Å². The van der Waals surface area contributed by atoms with Crippen LogP contribution in [0.3, 0.4) is 0 Å². The van der Waals surface area contributed by atoms with Crippen LogP contribution in [0.25, 0.3) is 0 Å². The number of hydrazine groups is 1. The highest BCUT2D eigenvalue weighted by Gasteiger charge is 2.10. The van der Waals surface area contributed by atoms with E-state index >= 15 is 0 Å². The minimum Gasteiger partial charge on any atom is -0.464 e. The number of aliphatic imine (C=N–C) groups is 1. The third-order valence-electron chi connectivity index (χ3n) is 2.79. The molecular formula is C15H14N6O5S. The van der Waals surface area contributed by atoms with Gasteiger partial charge in [-0.1, -0.05) is 0 Å². The van der Waals surface area contributed by atoms with E-state index < -0.39 is 18.0 Å². The molecule has 1 aromatic carbocycles. The second kappa shape index (κ2) is 9.05. The van der Waals surface area contributed by atoms with Gasteiger partial charge in [-0.25, -0.2) is 25.4 Å². The van der Waals surface area contributed by atoms with Gasteiger partial charge < -0.3 is 10.4 Å². The highest BCUT2D eigenvalue weighted by Crippen LogP contribution is 2.16. The molecule has 2 rings (SSSR count). The van der Waals surface area contributed by atoms with Crippen LogP contribution in [0.2, 0.25) is 0 Å². The van der Waals surface area contributed by atoms with E-state index in [9.17, 15) is 19.2 Å². The Hall–Kier alpha value is -3.80. The Morgan fingerprint density at radius 1 is 1.15 bits per heavy atom. The number of aromatic nitrogens is 1. The molecule has 5 amide bonds. The van der Waals surface area contributed by atoms with Crippen LogP contribution in [-0.4, -0.2) is 40.2 Å². The Kier molecular flexibility index (Phi) is 6.55. The molecule has 1 heterocycles. The monoisotopic (exact) mass is 390 g/mol. The molecule has 11 nitrogen and oxygen atoms in total. The summed E-state index contributed by atoms with van der Waals surface area (Å²) in [6.07, 6.45) is 0.0335. The minimum atomic E-state index is -1.47. The second-order valence-corrected chi connectivity index (χ2v) is 5.76. The number of thiazole rings is 1. The summed E-state index contributed by atoms with van der Waals surface area (Å²) in [6.45, 7) is 1.39. The number of anilines is 1. The predicted molar refractivity (Wildman–Crippen MR) is 97.3 cm³/mol. The molecule has 0 saturated heterocycles. The number of carbonyl (C=O) groups is 4. The van der Waals surface area contributed by atoms with Gasteiger partial charge in [0.1, 0.15) is 0 Å². The molecule has 0 aliphatic heterocycles. The summed E-state index contributed by atoms with van der Waals surface area (Å²) >= 11 is 1.26. The van der Waals surface area contributed by atoms with Gasteiger partial charge in [-0.15, -0.1) is 11.3 Å². The van der Waals surface area contributed by atoms with Crippen molar-refractivity contribution in [1.82, 2.24) is 21.2 Å². The molecule has 2 aromatic rings. The topological polar surface area (TPSA) is 162 Å². The summed E-state index contributed by atoms with van der Waals surface area (Å²) in [7, 11) is 0. The first-order valence-corrected chi connectivity index (χ1v) is 8.19. The van der Waals surface area contributed by atoms with E-state index in [1.807, 2.05) is 5.32 Å². The number of carbonyl (C=O) groups excluding carboxylic acids is 3. The number of hydrogen-bond donors (Lipinski definition) is 5. The zero-order chi connectivity index (χ0) is 19.8. The summed E-state index contributed by atoms with van der Waals surface area (Å²) in [5.74, 6) is -0.927. The molecule has 1 aromatic heterocycles. The fraction of sp³-hybridized carbons (Fsp3) is 0.0667. The van der Waals surface area contributed by atoms with E-state index in [1.54, 1.807) is 28.4 Å². The standard InChI is InChI=1S/C15H14N6O5S/c1-8(22)17-14-18-11(7-27-14)6-16-10-4-2-9(3-5-10)12(23)19-13(24)20-21-15(25)26/h2-7,21H,1H3,(H,25,26)(H,17,18,22)(H2,19,20,23,24). The van der Waals surface area contributed by atoms with E-state index in [-0.39, 0.29) is 11.5 Å². The number of nitrogens with zero attached hydrogens (tertiary/aromatic N) is 2. The van der Waals surface area contributed by atoms with Crippen molar-refractivity contribution >= 4 is 52.3 Å². The number of carboxylic acid groups (broad SMARTS) is 1. The van der Waals surface area contributed by atoms with Gasteiger partial charge in [-0.2, -0.15) is 0 Å².